The Morgan fingerprint density at radius 2 is 0.504 bits per heavy atom. The van der Waals surface area contributed by atoms with E-state index >= 15 is 0 Å². The monoisotopic (exact) mass is 1880 g/mol. The van der Waals surface area contributed by atoms with Crippen LogP contribution in [0.25, 0.3) is 161 Å². The van der Waals surface area contributed by atoms with E-state index in [9.17, 15) is 0 Å². The molecule has 4 aromatic heterocycles. The summed E-state index contributed by atoms with van der Waals surface area (Å²) < 4.78 is 1.14. The van der Waals surface area contributed by atoms with Crippen molar-refractivity contribution < 1.29 is 0 Å². The molecule has 0 atom stereocenters. The molecule has 0 amide bonds. The quantitative estimate of drug-likeness (QED) is 0.0259. The summed E-state index contributed by atoms with van der Waals surface area (Å²) in [6, 6.07) is 85.3. The van der Waals surface area contributed by atoms with Crippen LogP contribution in [-0.2, 0) is 52.8 Å². The molecule has 0 N–H and O–H groups in total. The van der Waals surface area contributed by atoms with E-state index in [1.165, 1.54) is 319 Å². The second-order valence-corrected chi connectivity index (χ2v) is 49.1. The molecule has 4 heterocycles. The number of rotatable bonds is 23. The first-order chi connectivity index (χ1) is 63.8. The Morgan fingerprint density at radius 3 is 0.827 bits per heavy atom. The lowest BCUT2D eigenvalue weighted by atomic mass is 9.78. The van der Waals surface area contributed by atoms with Crippen LogP contribution in [0.15, 0.2) is 223 Å². The molecule has 20 rings (SSSR count). The molecule has 0 radical (unpaired) electrons. The Kier molecular flexibility index (Phi) is 26.9. The normalized spacial score (nSPS) is 12.5. The molecule has 0 aliphatic carbocycles. The highest BCUT2D eigenvalue weighted by Crippen LogP contribution is 2.55. The largest absolute Gasteiger partial charge is 0.140 e. The van der Waals surface area contributed by atoms with Crippen LogP contribution in [0.2, 0.25) is 0 Å². The lowest BCUT2D eigenvalue weighted by Crippen LogP contribution is -2.12. The van der Waals surface area contributed by atoms with Crippen molar-refractivity contribution >= 4 is 191 Å². The molecule has 133 heavy (non-hydrogen) atoms. The molecular formula is C128H133BrS4. The van der Waals surface area contributed by atoms with E-state index in [4.69, 9.17) is 0 Å². The maximum Gasteiger partial charge on any atom is 0.0775 e. The highest BCUT2D eigenvalue weighted by molar-refractivity contribution is 9.10. The average Bonchev–Trinajstić information content (AvgIpc) is 1.65. The zero-order valence-corrected chi connectivity index (χ0v) is 87.3. The van der Waals surface area contributed by atoms with Gasteiger partial charge in [0.05, 0.1) is 9.75 Å². The third-order valence-electron chi connectivity index (χ3n) is 28.2. The van der Waals surface area contributed by atoms with Gasteiger partial charge in [-0.2, -0.15) is 0 Å². The molecule has 0 unspecified atom stereocenters. The van der Waals surface area contributed by atoms with E-state index in [1.54, 1.807) is 0 Å². The second-order valence-electron chi connectivity index (χ2n) is 43.6. The van der Waals surface area contributed by atoms with Crippen LogP contribution in [0.4, 0.5) is 0 Å². The second kappa shape index (κ2) is 38.3. The van der Waals surface area contributed by atoms with Gasteiger partial charge in [0.25, 0.3) is 0 Å². The van der Waals surface area contributed by atoms with E-state index in [0.29, 0.717) is 0 Å². The number of hydrogen-bond donors (Lipinski definition) is 0. The number of hydrogen-bond acceptors (Lipinski definition) is 4. The fourth-order valence-electron chi connectivity index (χ4n) is 20.6. The molecule has 0 saturated carbocycles. The molecular weight excluding hydrogens is 1750 g/mol. The van der Waals surface area contributed by atoms with Gasteiger partial charge in [0.1, 0.15) is 0 Å². The van der Waals surface area contributed by atoms with Crippen LogP contribution in [0, 0.1) is 23.7 Å². The maximum absolute atomic E-state index is 3.73. The van der Waals surface area contributed by atoms with Crippen LogP contribution in [0.3, 0.4) is 0 Å². The van der Waals surface area contributed by atoms with E-state index in [1.807, 2.05) is 45.3 Å². The van der Waals surface area contributed by atoms with Gasteiger partial charge in [-0.1, -0.05) is 370 Å². The zero-order valence-electron chi connectivity index (χ0n) is 82.4. The fourth-order valence-corrected chi connectivity index (χ4v) is 25.0. The van der Waals surface area contributed by atoms with E-state index < -0.39 is 0 Å². The molecule has 0 aliphatic rings. The Morgan fingerprint density at radius 1 is 0.233 bits per heavy atom. The summed E-state index contributed by atoms with van der Waals surface area (Å²) in [5.74, 6) is 14.7. The first kappa shape index (κ1) is 93.5. The fraction of sp³-hybridized carbons (Fsp3) is 0.344. The molecule has 20 aromatic rings. The number of thiophene rings is 4. The predicted octanol–water partition coefficient (Wildman–Crippen LogP) is 40.4. The van der Waals surface area contributed by atoms with Crippen molar-refractivity contribution in [3.05, 3.63) is 291 Å². The summed E-state index contributed by atoms with van der Waals surface area (Å²) in [5, 5.41) is 32.7. The first-order valence-electron chi connectivity index (χ1n) is 49.9. The Balaban J connectivity index is 0.000000146. The minimum absolute atomic E-state index is 0.0383. The van der Waals surface area contributed by atoms with E-state index in [0.717, 1.165) is 43.8 Å². The van der Waals surface area contributed by atoms with Gasteiger partial charge in [0.15, 0.2) is 0 Å². The van der Waals surface area contributed by atoms with Crippen molar-refractivity contribution in [3.8, 4) is 55.7 Å². The smallest absolute Gasteiger partial charge is 0.0775 e. The molecule has 0 spiro atoms. The molecule has 0 fully saturated rings. The molecule has 0 nitrogen and oxygen atoms in total. The van der Waals surface area contributed by atoms with E-state index in [-0.39, 0.29) is 27.1 Å². The molecule has 16 aromatic carbocycles. The first-order valence-corrected chi connectivity index (χ1v) is 54.0. The lowest BCUT2D eigenvalue weighted by molar-refractivity contribution is 0.590. The minimum Gasteiger partial charge on any atom is -0.140 e. The number of benzene rings is 16. The molecule has 0 bridgehead atoms. The molecule has 676 valence electrons. The third-order valence-corrected chi connectivity index (χ3v) is 33.1. The number of aryl methyl sites for hydroxylation is 4. The number of halogens is 1. The highest BCUT2D eigenvalue weighted by Gasteiger charge is 2.30. The van der Waals surface area contributed by atoms with Crippen molar-refractivity contribution in [2.45, 2.75) is 287 Å². The summed E-state index contributed by atoms with van der Waals surface area (Å²) in [6.45, 7) is 43.9. The van der Waals surface area contributed by atoms with Crippen molar-refractivity contribution in [3.63, 3.8) is 0 Å². The minimum atomic E-state index is -0.0616. The average molecular weight is 1880 g/mol. The van der Waals surface area contributed by atoms with Gasteiger partial charge in [0.2, 0.25) is 0 Å². The summed E-state index contributed by atoms with van der Waals surface area (Å²) in [7, 11) is 0. The van der Waals surface area contributed by atoms with Gasteiger partial charge < -0.3 is 0 Å². The van der Waals surface area contributed by atoms with Gasteiger partial charge in [0, 0.05) is 61.6 Å². The van der Waals surface area contributed by atoms with Crippen LogP contribution in [0.5, 0.6) is 0 Å². The van der Waals surface area contributed by atoms with Crippen LogP contribution < -0.4 is 0 Å². The van der Waals surface area contributed by atoms with Crippen molar-refractivity contribution in [2.24, 2.45) is 0 Å². The summed E-state index contributed by atoms with van der Waals surface area (Å²) in [5.41, 5.74) is 14.3. The number of fused-ring (bicyclic) bond motifs is 2. The van der Waals surface area contributed by atoms with Gasteiger partial charge in [-0.05, 0) is 338 Å². The Labute approximate surface area is 817 Å². The summed E-state index contributed by atoms with van der Waals surface area (Å²) in [4.78, 5) is 11.0. The van der Waals surface area contributed by atoms with Crippen LogP contribution in [-0.4, -0.2) is 0 Å². The third kappa shape index (κ3) is 19.5. The van der Waals surface area contributed by atoms with Gasteiger partial charge >= 0.3 is 0 Å². The Hall–Kier alpha value is -9.92. The summed E-state index contributed by atoms with van der Waals surface area (Å²) in [6.07, 6.45) is 25.2. The number of unbranched alkanes of at least 4 members (excludes halogenated alkanes) is 12. The Bertz CT molecular complexity index is 7390. The SMILES string of the molecule is CC(C)(C)c1cc2ccc3cc(Br)cc4ccc(c1)c2c34.CCCCCCc1ccc(-c2cc3cc(C(C)(C)C)cc4cc(-c5ccc(CCCCCC)s5)c5c6ccc7cc(C(C)(C)C)cc8ccc(c2c5c34)c6c87)s1.CCCCCCc1ccc(C#Cc2cc(C(C)(C)C)cc(C#Cc3ccc(CCCCCC)s3)c2-c2cc3ccc4cc(C(C)(C)C)cc5ccc(c2)c3c45)s1. The topological polar surface area (TPSA) is 0 Å². The van der Waals surface area contributed by atoms with Crippen molar-refractivity contribution in [2.75, 3.05) is 0 Å². The van der Waals surface area contributed by atoms with Crippen LogP contribution >= 0.6 is 61.3 Å². The van der Waals surface area contributed by atoms with Gasteiger partial charge in [-0.15, -0.1) is 45.3 Å². The van der Waals surface area contributed by atoms with Crippen molar-refractivity contribution in [1.29, 1.82) is 0 Å². The molecule has 5 heteroatoms. The summed E-state index contributed by atoms with van der Waals surface area (Å²) >= 11 is 11.4. The highest BCUT2D eigenvalue weighted by atomic mass is 79.9. The van der Waals surface area contributed by atoms with E-state index in [2.05, 4.69) is 390 Å². The molecule has 0 aliphatic heterocycles. The molecule has 0 saturated heterocycles. The zero-order chi connectivity index (χ0) is 93.2. The van der Waals surface area contributed by atoms with Crippen molar-refractivity contribution in [1.82, 2.24) is 0 Å². The lowest BCUT2D eigenvalue weighted by Gasteiger charge is -2.26. The maximum atomic E-state index is 3.73. The standard InChI is InChI=1S/2C54H58S2.C20H17Br/c1-9-11-13-15-17-39-21-25-45(55-39)43-31-35-29-38(54(6,7)8)30-36-32-44(46-26-22-40(56-46)18-16-14-12-10-2)51-42-24-20-34-28-37(53(3,4)5)27-33-19-23-41(49(42)47(33)34)50(43)52(51)48(35)36;1-9-11-13-15-17-46-27-29-48(55-46)25-23-39-33-44(53(3,4)5)34-40(24-26-49-30-28-47(56-49)18-16-14-12-10-2)50(39)43-31-37-19-21-41-35-45(54(6,7)8)36-42-22-20-38(32-43)51(37)52(41)42;1-20(2,3)16-8-12-4-6-14-10-17(21)11-15-7-5-13(9-16)18(12)19(14)15/h19-32H,9-18H2,1-8H3;19-22,27-36H,9-18H2,1-8H3;4-11H,1-3H3. The predicted molar refractivity (Wildman–Crippen MR) is 599 cm³/mol. The van der Waals surface area contributed by atoms with Gasteiger partial charge in [-0.25, -0.2) is 0 Å². The van der Waals surface area contributed by atoms with Gasteiger partial charge in [-0.3, -0.25) is 0 Å². The van der Waals surface area contributed by atoms with Crippen LogP contribution in [0.1, 0.15) is 302 Å².